The fourth-order valence-electron chi connectivity index (χ4n) is 3.90. The van der Waals surface area contributed by atoms with Gasteiger partial charge >= 0.3 is 0 Å². The minimum Gasteiger partial charge on any atom is -0.369 e. The second kappa shape index (κ2) is 10.8. The topological polar surface area (TPSA) is 105 Å². The lowest BCUT2D eigenvalue weighted by atomic mass is 9.91. The molecule has 0 spiro atoms. The van der Waals surface area contributed by atoms with Gasteiger partial charge in [-0.2, -0.15) is 5.26 Å². The highest BCUT2D eigenvalue weighted by atomic mass is 35.5. The van der Waals surface area contributed by atoms with E-state index in [1.807, 2.05) is 6.07 Å². The molecule has 1 atom stereocenters. The molecule has 3 N–H and O–H groups in total. The third kappa shape index (κ3) is 5.45. The molecule has 0 radical (unpaired) electrons. The number of carbonyl (C=O) groups is 1. The van der Waals surface area contributed by atoms with Gasteiger partial charge < -0.3 is 11.1 Å². The third-order valence-electron chi connectivity index (χ3n) is 5.52. The van der Waals surface area contributed by atoms with E-state index in [1.54, 1.807) is 60.9 Å². The molecule has 1 unspecified atom stereocenters. The second-order valence-electron chi connectivity index (χ2n) is 7.84. The zero-order chi connectivity index (χ0) is 24.8. The number of nitrogens with one attached hydrogen (secondary N) is 1. The number of hydrogen-bond acceptors (Lipinski definition) is 5. The highest BCUT2D eigenvalue weighted by Crippen LogP contribution is 2.37. The third-order valence-corrected chi connectivity index (χ3v) is 5.80. The Morgan fingerprint density at radius 1 is 1.14 bits per heavy atom. The summed E-state index contributed by atoms with van der Waals surface area (Å²) in [7, 11) is 0. The highest BCUT2D eigenvalue weighted by molar-refractivity contribution is 6.33. The van der Waals surface area contributed by atoms with Gasteiger partial charge in [-0.3, -0.25) is 9.78 Å². The minimum atomic E-state index is -0.856. The van der Waals surface area contributed by atoms with Crippen molar-refractivity contribution < 1.29 is 9.18 Å². The molecule has 2 aromatic heterocycles. The molecule has 35 heavy (non-hydrogen) atoms. The molecule has 1 amide bonds. The zero-order valence-electron chi connectivity index (χ0n) is 18.6. The number of rotatable bonds is 8. The Labute approximate surface area is 207 Å². The summed E-state index contributed by atoms with van der Waals surface area (Å²) >= 11 is 6.64. The number of benzene rings is 2. The number of nitriles is 1. The molecule has 0 saturated carbocycles. The quantitative estimate of drug-likeness (QED) is 0.362. The van der Waals surface area contributed by atoms with Gasteiger partial charge in [0.15, 0.2) is 0 Å². The zero-order valence-corrected chi connectivity index (χ0v) is 19.3. The molecule has 0 aliphatic rings. The average molecular weight is 486 g/mol. The molecule has 4 rings (SSSR count). The predicted molar refractivity (Wildman–Crippen MR) is 133 cm³/mol. The van der Waals surface area contributed by atoms with E-state index in [0.717, 1.165) is 5.56 Å². The van der Waals surface area contributed by atoms with Crippen LogP contribution in [0.5, 0.6) is 0 Å². The molecule has 0 aliphatic carbocycles. The number of nitrogens with zero attached hydrogens (tertiary/aromatic N) is 3. The van der Waals surface area contributed by atoms with E-state index in [0.29, 0.717) is 46.7 Å². The first-order valence-electron chi connectivity index (χ1n) is 10.9. The first-order valence-corrected chi connectivity index (χ1v) is 11.2. The lowest BCUT2D eigenvalue weighted by Crippen LogP contribution is -2.24. The standard InChI is InChI=1S/C27H21ClFN5O/c28-23-14-22(24(26(31)35)19-7-4-11-32-16-19)27(33-12-10-17-5-3-8-20(29)13-17)34-25(23)21-9-2-1-6-18(21)15-30/h1-9,11,13-14,16,24H,10,12H2,(H2,31,35)(H,33,34). The first kappa shape index (κ1) is 23.9. The van der Waals surface area contributed by atoms with Gasteiger partial charge in [-0.25, -0.2) is 9.37 Å². The maximum Gasteiger partial charge on any atom is 0.229 e. The van der Waals surface area contributed by atoms with Crippen LogP contribution in [0.4, 0.5) is 10.2 Å². The summed E-state index contributed by atoms with van der Waals surface area (Å²) in [6.45, 7) is 0.406. The number of anilines is 1. The molecule has 0 aliphatic heterocycles. The largest absolute Gasteiger partial charge is 0.369 e. The number of aromatic nitrogens is 2. The number of nitrogens with two attached hydrogens (primary N) is 1. The summed E-state index contributed by atoms with van der Waals surface area (Å²) in [5.74, 6) is -1.37. The Morgan fingerprint density at radius 3 is 2.69 bits per heavy atom. The minimum absolute atomic E-state index is 0.272. The summed E-state index contributed by atoms with van der Waals surface area (Å²) in [6, 6.07) is 20.6. The van der Waals surface area contributed by atoms with Gasteiger partial charge in [0.05, 0.1) is 28.3 Å². The van der Waals surface area contributed by atoms with Crippen LogP contribution in [0.3, 0.4) is 0 Å². The van der Waals surface area contributed by atoms with E-state index in [4.69, 9.17) is 22.3 Å². The van der Waals surface area contributed by atoms with Gasteiger partial charge in [-0.15, -0.1) is 0 Å². The van der Waals surface area contributed by atoms with Gasteiger partial charge in [0.2, 0.25) is 5.91 Å². The molecule has 2 heterocycles. The Kier molecular flexibility index (Phi) is 7.34. The Bertz CT molecular complexity index is 1400. The maximum absolute atomic E-state index is 13.6. The normalized spacial score (nSPS) is 11.5. The average Bonchev–Trinajstić information content (AvgIpc) is 2.86. The van der Waals surface area contributed by atoms with Crippen LogP contribution in [-0.2, 0) is 11.2 Å². The lowest BCUT2D eigenvalue weighted by Gasteiger charge is -2.20. The first-order chi connectivity index (χ1) is 17.0. The summed E-state index contributed by atoms with van der Waals surface area (Å²) in [6.07, 6.45) is 3.69. The fourth-order valence-corrected chi connectivity index (χ4v) is 4.16. The Morgan fingerprint density at radius 2 is 1.97 bits per heavy atom. The van der Waals surface area contributed by atoms with Crippen molar-refractivity contribution in [2.24, 2.45) is 5.73 Å². The van der Waals surface area contributed by atoms with E-state index in [-0.39, 0.29) is 10.8 Å². The van der Waals surface area contributed by atoms with Crippen molar-refractivity contribution in [1.82, 2.24) is 9.97 Å². The van der Waals surface area contributed by atoms with Crippen LogP contribution >= 0.6 is 11.6 Å². The summed E-state index contributed by atoms with van der Waals surface area (Å²) in [5, 5.41) is 13.1. The van der Waals surface area contributed by atoms with Crippen molar-refractivity contribution in [3.8, 4) is 17.3 Å². The van der Waals surface area contributed by atoms with Crippen molar-refractivity contribution in [1.29, 1.82) is 5.26 Å². The molecule has 174 valence electrons. The van der Waals surface area contributed by atoms with Gasteiger partial charge in [-0.05, 0) is 47.9 Å². The van der Waals surface area contributed by atoms with Crippen molar-refractivity contribution in [3.05, 3.63) is 112 Å². The van der Waals surface area contributed by atoms with Crippen LogP contribution in [0, 0.1) is 17.1 Å². The van der Waals surface area contributed by atoms with Crippen LogP contribution in [0.1, 0.15) is 28.2 Å². The number of pyridine rings is 2. The molecule has 0 fully saturated rings. The molecule has 0 saturated heterocycles. The Hall–Kier alpha value is -4.28. The molecule has 4 aromatic rings. The highest BCUT2D eigenvalue weighted by Gasteiger charge is 2.26. The lowest BCUT2D eigenvalue weighted by molar-refractivity contribution is -0.118. The van der Waals surface area contributed by atoms with Gasteiger partial charge in [0.25, 0.3) is 0 Å². The van der Waals surface area contributed by atoms with Crippen LogP contribution in [0.25, 0.3) is 11.3 Å². The molecule has 8 heteroatoms. The van der Waals surface area contributed by atoms with E-state index in [2.05, 4.69) is 16.4 Å². The molecule has 2 aromatic carbocycles. The number of halogens is 2. The fraction of sp³-hybridized carbons (Fsp3) is 0.111. The van der Waals surface area contributed by atoms with E-state index in [1.165, 1.54) is 12.1 Å². The van der Waals surface area contributed by atoms with Crippen molar-refractivity contribution >= 4 is 23.3 Å². The van der Waals surface area contributed by atoms with Crippen LogP contribution in [0.15, 0.2) is 79.1 Å². The monoisotopic (exact) mass is 485 g/mol. The Balaban J connectivity index is 1.79. The summed E-state index contributed by atoms with van der Waals surface area (Å²) in [4.78, 5) is 21.4. The molecular weight excluding hydrogens is 465 g/mol. The van der Waals surface area contributed by atoms with E-state index < -0.39 is 11.8 Å². The van der Waals surface area contributed by atoms with Crippen LogP contribution in [0.2, 0.25) is 5.02 Å². The van der Waals surface area contributed by atoms with Crippen molar-refractivity contribution in [3.63, 3.8) is 0 Å². The van der Waals surface area contributed by atoms with Gasteiger partial charge in [0.1, 0.15) is 11.6 Å². The molecule has 0 bridgehead atoms. The molecular formula is C27H21ClFN5O. The van der Waals surface area contributed by atoms with Gasteiger partial charge in [0, 0.05) is 30.1 Å². The number of carbonyl (C=O) groups excluding carboxylic acids is 1. The second-order valence-corrected chi connectivity index (χ2v) is 8.25. The number of hydrogen-bond donors (Lipinski definition) is 2. The van der Waals surface area contributed by atoms with E-state index >= 15 is 0 Å². The smallest absolute Gasteiger partial charge is 0.229 e. The van der Waals surface area contributed by atoms with E-state index in [9.17, 15) is 14.4 Å². The molecule has 6 nitrogen and oxygen atoms in total. The van der Waals surface area contributed by atoms with Crippen LogP contribution < -0.4 is 11.1 Å². The van der Waals surface area contributed by atoms with Crippen LogP contribution in [-0.4, -0.2) is 22.4 Å². The summed E-state index contributed by atoms with van der Waals surface area (Å²) < 4.78 is 13.6. The maximum atomic E-state index is 13.6. The van der Waals surface area contributed by atoms with Gasteiger partial charge in [-0.1, -0.05) is 48.0 Å². The predicted octanol–water partition coefficient (Wildman–Crippen LogP) is 5.08. The number of primary amides is 1. The SMILES string of the molecule is N#Cc1ccccc1-c1nc(NCCc2cccc(F)c2)c(C(C(N)=O)c2cccnc2)cc1Cl. The summed E-state index contributed by atoms with van der Waals surface area (Å²) in [5.41, 5.74) is 9.06. The van der Waals surface area contributed by atoms with Crippen molar-refractivity contribution in [2.45, 2.75) is 12.3 Å². The number of amides is 1. The van der Waals surface area contributed by atoms with Crippen molar-refractivity contribution in [2.75, 3.05) is 11.9 Å².